The van der Waals surface area contributed by atoms with Crippen molar-refractivity contribution >= 4 is 77.0 Å². The Hall–Kier alpha value is -4.02. The first-order valence-corrected chi connectivity index (χ1v) is 12.5. The SMILES string of the molecule is Brc1ccc(N=C(C(=Nc2ccc(Br)cc2)n2nnc3ccccc32)n2nnc3ccccc32)cc1. The summed E-state index contributed by atoms with van der Waals surface area (Å²) in [5.41, 5.74) is 4.52. The number of benzene rings is 4. The highest BCUT2D eigenvalue weighted by Gasteiger charge is 2.22. The minimum atomic E-state index is 0.449. The molecule has 0 radical (unpaired) electrons. The number of rotatable bonds is 2. The molecule has 0 saturated carbocycles. The van der Waals surface area contributed by atoms with Crippen molar-refractivity contribution in [1.29, 1.82) is 0 Å². The smallest absolute Gasteiger partial charge is 0.201 e. The highest BCUT2D eigenvalue weighted by atomic mass is 79.9. The Labute approximate surface area is 222 Å². The van der Waals surface area contributed by atoms with Crippen LogP contribution in [0.2, 0.25) is 0 Å². The molecule has 0 atom stereocenters. The molecule has 0 aliphatic carbocycles. The van der Waals surface area contributed by atoms with Crippen molar-refractivity contribution in [2.75, 3.05) is 0 Å². The molecule has 8 nitrogen and oxygen atoms in total. The minimum absolute atomic E-state index is 0.449. The third-order valence-corrected chi connectivity index (χ3v) is 6.49. The van der Waals surface area contributed by atoms with Crippen LogP contribution in [-0.2, 0) is 0 Å². The number of halogens is 2. The topological polar surface area (TPSA) is 86.1 Å². The van der Waals surface area contributed by atoms with Crippen molar-refractivity contribution in [3.05, 3.63) is 106 Å². The third kappa shape index (κ3) is 4.36. The minimum Gasteiger partial charge on any atom is -0.226 e. The second-order valence-corrected chi connectivity index (χ2v) is 9.63. The second-order valence-electron chi connectivity index (χ2n) is 7.80. The maximum Gasteiger partial charge on any atom is 0.201 e. The van der Waals surface area contributed by atoms with Gasteiger partial charge >= 0.3 is 0 Å². The molecule has 0 unspecified atom stereocenters. The Morgan fingerprint density at radius 1 is 0.528 bits per heavy atom. The molecule has 0 aliphatic heterocycles. The molecule has 0 aliphatic rings. The molecule has 0 spiro atoms. The zero-order valence-corrected chi connectivity index (χ0v) is 21.7. The summed E-state index contributed by atoms with van der Waals surface area (Å²) in [4.78, 5) is 9.99. The molecule has 2 aromatic heterocycles. The molecule has 0 N–H and O–H groups in total. The molecule has 4 aromatic carbocycles. The Morgan fingerprint density at radius 2 is 0.917 bits per heavy atom. The maximum atomic E-state index is 5.00. The molecule has 0 amide bonds. The number of nitrogens with zero attached hydrogens (tertiary/aromatic N) is 8. The summed E-state index contributed by atoms with van der Waals surface area (Å²) < 4.78 is 5.29. The maximum absolute atomic E-state index is 5.00. The quantitative estimate of drug-likeness (QED) is 0.167. The van der Waals surface area contributed by atoms with Crippen LogP contribution in [0.4, 0.5) is 11.4 Å². The summed E-state index contributed by atoms with van der Waals surface area (Å²) in [6, 6.07) is 30.9. The lowest BCUT2D eigenvalue weighted by molar-refractivity contribution is 0.841. The van der Waals surface area contributed by atoms with Gasteiger partial charge in [-0.2, -0.15) is 9.36 Å². The zero-order chi connectivity index (χ0) is 24.5. The third-order valence-electron chi connectivity index (χ3n) is 5.43. The van der Waals surface area contributed by atoms with Crippen molar-refractivity contribution < 1.29 is 0 Å². The molecule has 2 heterocycles. The van der Waals surface area contributed by atoms with E-state index >= 15 is 0 Å². The molecular weight excluding hydrogens is 584 g/mol. The molecule has 36 heavy (non-hydrogen) atoms. The number of fused-ring (bicyclic) bond motifs is 2. The van der Waals surface area contributed by atoms with Crippen LogP contribution in [-0.4, -0.2) is 41.7 Å². The van der Waals surface area contributed by atoms with Gasteiger partial charge in [-0.3, -0.25) is 0 Å². The molecule has 6 aromatic rings. The molecule has 0 bridgehead atoms. The van der Waals surface area contributed by atoms with Crippen LogP contribution >= 0.6 is 31.9 Å². The van der Waals surface area contributed by atoms with E-state index in [0.717, 1.165) is 42.4 Å². The van der Waals surface area contributed by atoms with E-state index in [-0.39, 0.29) is 0 Å². The molecule has 0 fully saturated rings. The lowest BCUT2D eigenvalue weighted by atomic mass is 10.3. The van der Waals surface area contributed by atoms with Crippen LogP contribution in [0, 0.1) is 0 Å². The molecule has 0 saturated heterocycles. The van der Waals surface area contributed by atoms with Crippen molar-refractivity contribution in [3.63, 3.8) is 0 Å². The van der Waals surface area contributed by atoms with Crippen LogP contribution in [0.25, 0.3) is 22.1 Å². The summed E-state index contributed by atoms with van der Waals surface area (Å²) >= 11 is 6.99. The highest BCUT2D eigenvalue weighted by molar-refractivity contribution is 9.10. The van der Waals surface area contributed by atoms with Gasteiger partial charge in [-0.25, -0.2) is 9.98 Å². The number of aliphatic imine (C=N–C) groups is 2. The van der Waals surface area contributed by atoms with Crippen LogP contribution in [0.1, 0.15) is 0 Å². The van der Waals surface area contributed by atoms with Crippen molar-refractivity contribution in [3.8, 4) is 0 Å². The first-order valence-electron chi connectivity index (χ1n) is 11.0. The van der Waals surface area contributed by atoms with Gasteiger partial charge in [0.1, 0.15) is 11.0 Å². The number of hydrogen-bond donors (Lipinski definition) is 0. The Kier molecular flexibility index (Phi) is 5.96. The Balaban J connectivity index is 1.66. The van der Waals surface area contributed by atoms with Gasteiger partial charge in [-0.05, 0) is 72.8 Å². The van der Waals surface area contributed by atoms with E-state index in [1.54, 1.807) is 9.36 Å². The van der Waals surface area contributed by atoms with E-state index in [2.05, 4.69) is 52.5 Å². The fourth-order valence-corrected chi connectivity index (χ4v) is 4.24. The van der Waals surface area contributed by atoms with Gasteiger partial charge in [0.05, 0.1) is 22.4 Å². The van der Waals surface area contributed by atoms with Gasteiger partial charge in [-0.15, -0.1) is 10.2 Å². The molecule has 174 valence electrons. The summed E-state index contributed by atoms with van der Waals surface area (Å²) in [7, 11) is 0. The summed E-state index contributed by atoms with van der Waals surface area (Å²) in [5, 5.41) is 17.6. The van der Waals surface area contributed by atoms with E-state index < -0.39 is 0 Å². The molecule has 6 rings (SSSR count). The van der Waals surface area contributed by atoms with Crippen LogP contribution in [0.3, 0.4) is 0 Å². The van der Waals surface area contributed by atoms with Gasteiger partial charge < -0.3 is 0 Å². The van der Waals surface area contributed by atoms with Crippen LogP contribution in [0.5, 0.6) is 0 Å². The second kappa shape index (κ2) is 9.56. The van der Waals surface area contributed by atoms with Gasteiger partial charge in [0.15, 0.2) is 0 Å². The number of para-hydroxylation sites is 2. The first kappa shape index (κ1) is 22.4. The van der Waals surface area contributed by atoms with Gasteiger partial charge in [0, 0.05) is 8.95 Å². The van der Waals surface area contributed by atoms with Gasteiger partial charge in [-0.1, -0.05) is 66.6 Å². The average molecular weight is 600 g/mol. The van der Waals surface area contributed by atoms with Gasteiger partial charge in [0.2, 0.25) is 11.7 Å². The van der Waals surface area contributed by atoms with Crippen molar-refractivity contribution in [1.82, 2.24) is 30.0 Å². The molecule has 10 heteroatoms. The number of hydrogen-bond acceptors (Lipinski definition) is 6. The Morgan fingerprint density at radius 3 is 1.33 bits per heavy atom. The number of aromatic nitrogens is 6. The van der Waals surface area contributed by atoms with E-state index in [1.807, 2.05) is 97.1 Å². The van der Waals surface area contributed by atoms with E-state index in [9.17, 15) is 0 Å². The summed E-state index contributed by atoms with van der Waals surface area (Å²) in [6.45, 7) is 0. The van der Waals surface area contributed by atoms with Gasteiger partial charge in [0.25, 0.3) is 0 Å². The fraction of sp³-hybridized carbons (Fsp3) is 0. The fourth-order valence-electron chi connectivity index (χ4n) is 3.71. The zero-order valence-electron chi connectivity index (χ0n) is 18.6. The first-order chi connectivity index (χ1) is 17.7. The largest absolute Gasteiger partial charge is 0.226 e. The lowest BCUT2D eigenvalue weighted by Crippen LogP contribution is -2.31. The standard InChI is InChI=1S/C26H16Br2N8/c27-17-9-13-19(14-10-17)29-25(35-23-7-3-1-5-21(23)31-33-35)26(30-20-15-11-18(28)12-16-20)36-24-8-4-2-6-22(24)32-34-36/h1-16H. The summed E-state index contributed by atoms with van der Waals surface area (Å²) in [5.74, 6) is 0.897. The van der Waals surface area contributed by atoms with Crippen molar-refractivity contribution in [2.45, 2.75) is 0 Å². The average Bonchev–Trinajstić information content (AvgIpc) is 3.53. The highest BCUT2D eigenvalue weighted by Crippen LogP contribution is 2.22. The van der Waals surface area contributed by atoms with Crippen molar-refractivity contribution in [2.24, 2.45) is 9.98 Å². The molecular formula is C26H16Br2N8. The monoisotopic (exact) mass is 598 g/mol. The summed E-state index contributed by atoms with van der Waals surface area (Å²) in [6.07, 6.45) is 0. The predicted octanol–water partition coefficient (Wildman–Crippen LogP) is 6.56. The Bertz CT molecular complexity index is 1620. The van der Waals surface area contributed by atoms with E-state index in [1.165, 1.54) is 0 Å². The van der Waals surface area contributed by atoms with Crippen LogP contribution < -0.4 is 0 Å². The lowest BCUT2D eigenvalue weighted by Gasteiger charge is -2.12. The van der Waals surface area contributed by atoms with Crippen LogP contribution in [0.15, 0.2) is 116 Å². The normalized spacial score (nSPS) is 12.5. The van der Waals surface area contributed by atoms with E-state index in [4.69, 9.17) is 9.98 Å². The predicted molar refractivity (Wildman–Crippen MR) is 148 cm³/mol. The van der Waals surface area contributed by atoms with E-state index in [0.29, 0.717) is 11.7 Å².